The number of aromatic amines is 1. The van der Waals surface area contributed by atoms with E-state index in [1.165, 1.54) is 0 Å². The van der Waals surface area contributed by atoms with Crippen molar-refractivity contribution in [2.45, 2.75) is 25.5 Å². The minimum absolute atomic E-state index is 0.0498. The molecule has 0 spiro atoms. The van der Waals surface area contributed by atoms with Crippen LogP contribution in [0.3, 0.4) is 0 Å². The maximum absolute atomic E-state index is 12.3. The molecular formula is C22H26BrN3O3. The number of halogens is 1. The monoisotopic (exact) mass is 459 g/mol. The molecule has 154 valence electrons. The summed E-state index contributed by atoms with van der Waals surface area (Å²) in [7, 11) is 0. The number of imidazole rings is 1. The summed E-state index contributed by atoms with van der Waals surface area (Å²) in [5, 5.41) is 10.4. The highest BCUT2D eigenvalue weighted by Gasteiger charge is 2.23. The Kier molecular flexibility index (Phi) is 6.37. The normalized spacial score (nSPS) is 18.8. The molecule has 0 bridgehead atoms. The number of para-hydroxylation sites is 2. The molecule has 7 heteroatoms. The van der Waals surface area contributed by atoms with Crippen molar-refractivity contribution in [3.05, 3.63) is 63.5 Å². The van der Waals surface area contributed by atoms with Crippen molar-refractivity contribution in [2.75, 3.05) is 26.2 Å². The number of aliphatic hydroxyl groups excluding tert-OH is 1. The van der Waals surface area contributed by atoms with Gasteiger partial charge in [-0.3, -0.25) is 4.57 Å². The number of likely N-dealkylation sites (tertiary alicyclic amines) is 1. The lowest BCUT2D eigenvalue weighted by Crippen LogP contribution is -2.43. The van der Waals surface area contributed by atoms with Gasteiger partial charge in [-0.15, -0.1) is 0 Å². The van der Waals surface area contributed by atoms with E-state index < -0.39 is 6.10 Å². The van der Waals surface area contributed by atoms with Crippen molar-refractivity contribution in [3.8, 4) is 5.75 Å². The third kappa shape index (κ3) is 5.10. The van der Waals surface area contributed by atoms with E-state index in [1.54, 1.807) is 0 Å². The Balaban J connectivity index is 1.31. The van der Waals surface area contributed by atoms with Gasteiger partial charge in [0, 0.05) is 24.1 Å². The van der Waals surface area contributed by atoms with Crippen LogP contribution in [0.5, 0.6) is 5.75 Å². The first-order valence-corrected chi connectivity index (χ1v) is 10.8. The van der Waals surface area contributed by atoms with E-state index in [9.17, 15) is 9.90 Å². The average molecular weight is 460 g/mol. The number of hydrogen-bond acceptors (Lipinski definition) is 4. The van der Waals surface area contributed by atoms with Crippen molar-refractivity contribution in [2.24, 2.45) is 5.92 Å². The molecule has 1 aliphatic rings. The molecule has 6 nitrogen and oxygen atoms in total. The summed E-state index contributed by atoms with van der Waals surface area (Å²) in [5.74, 6) is 1.14. The second-order valence-corrected chi connectivity index (χ2v) is 8.66. The molecule has 0 aliphatic carbocycles. The molecule has 2 atom stereocenters. The molecule has 2 N–H and O–H groups in total. The number of nitrogens with one attached hydrogen (secondary N) is 1. The molecule has 2 unspecified atom stereocenters. The molecule has 0 saturated carbocycles. The van der Waals surface area contributed by atoms with Crippen LogP contribution < -0.4 is 10.4 Å². The third-order valence-corrected chi connectivity index (χ3v) is 5.98. The molecule has 0 radical (unpaired) electrons. The van der Waals surface area contributed by atoms with Crippen LogP contribution >= 0.6 is 15.9 Å². The Morgan fingerprint density at radius 3 is 2.83 bits per heavy atom. The highest BCUT2D eigenvalue weighted by Crippen LogP contribution is 2.21. The quantitative estimate of drug-likeness (QED) is 0.568. The number of aliphatic hydroxyl groups is 1. The molecule has 1 saturated heterocycles. The summed E-state index contributed by atoms with van der Waals surface area (Å²) in [5.41, 5.74) is 1.79. The highest BCUT2D eigenvalue weighted by atomic mass is 79.9. The number of hydrogen-bond donors (Lipinski definition) is 2. The fourth-order valence-electron chi connectivity index (χ4n) is 4.09. The van der Waals surface area contributed by atoms with Crippen molar-refractivity contribution in [1.29, 1.82) is 0 Å². The second-order valence-electron chi connectivity index (χ2n) is 7.74. The Bertz CT molecular complexity index is 998. The van der Waals surface area contributed by atoms with E-state index in [0.717, 1.165) is 47.2 Å². The zero-order chi connectivity index (χ0) is 20.2. The van der Waals surface area contributed by atoms with Gasteiger partial charge >= 0.3 is 5.69 Å². The SMILES string of the molecule is O=c1[nH]c2ccccc2n1CC1CCCN(CC(O)COc2ccc(Br)cc2)C1. The summed E-state index contributed by atoms with van der Waals surface area (Å²) in [6, 6.07) is 15.4. The third-order valence-electron chi connectivity index (χ3n) is 5.45. The Morgan fingerprint density at radius 1 is 1.21 bits per heavy atom. The van der Waals surface area contributed by atoms with E-state index in [2.05, 4.69) is 25.8 Å². The smallest absolute Gasteiger partial charge is 0.326 e. The average Bonchev–Trinajstić information content (AvgIpc) is 3.03. The molecule has 1 fully saturated rings. The van der Waals surface area contributed by atoms with E-state index in [4.69, 9.17) is 4.74 Å². The lowest BCUT2D eigenvalue weighted by molar-refractivity contribution is 0.0499. The van der Waals surface area contributed by atoms with Gasteiger partial charge in [0.15, 0.2) is 0 Å². The number of fused-ring (bicyclic) bond motifs is 1. The van der Waals surface area contributed by atoms with Crippen LogP contribution in [0.25, 0.3) is 11.0 Å². The van der Waals surface area contributed by atoms with Crippen LogP contribution in [-0.4, -0.2) is 51.9 Å². The molecule has 0 amide bonds. The molecule has 1 aromatic heterocycles. The maximum atomic E-state index is 12.3. The minimum atomic E-state index is -0.548. The van der Waals surface area contributed by atoms with Crippen LogP contribution in [0.2, 0.25) is 0 Å². The van der Waals surface area contributed by atoms with Gasteiger partial charge in [0.25, 0.3) is 0 Å². The predicted molar refractivity (Wildman–Crippen MR) is 117 cm³/mol. The van der Waals surface area contributed by atoms with Crippen LogP contribution in [0.4, 0.5) is 0 Å². The lowest BCUT2D eigenvalue weighted by Gasteiger charge is -2.34. The number of aromatic nitrogens is 2. The van der Waals surface area contributed by atoms with E-state index in [0.29, 0.717) is 19.0 Å². The molecule has 3 aromatic rings. The van der Waals surface area contributed by atoms with Crippen molar-refractivity contribution >= 4 is 27.0 Å². The zero-order valence-electron chi connectivity index (χ0n) is 16.3. The van der Waals surface area contributed by atoms with E-state index >= 15 is 0 Å². The number of nitrogens with zero attached hydrogens (tertiary/aromatic N) is 2. The molecule has 29 heavy (non-hydrogen) atoms. The largest absolute Gasteiger partial charge is 0.491 e. The summed E-state index contributed by atoms with van der Waals surface area (Å²) in [6.45, 7) is 3.39. The van der Waals surface area contributed by atoms with Crippen LogP contribution in [-0.2, 0) is 6.54 Å². The molecule has 4 rings (SSSR count). The van der Waals surface area contributed by atoms with Gasteiger partial charge in [0.05, 0.1) is 11.0 Å². The number of rotatable bonds is 7. The standard InChI is InChI=1S/C22H26BrN3O3/c23-17-7-9-19(10-8-17)29-15-18(27)14-25-11-3-4-16(12-25)13-26-21-6-2-1-5-20(21)24-22(26)28/h1-2,5-10,16,18,27H,3-4,11-15H2,(H,24,28). The van der Waals surface area contributed by atoms with Gasteiger partial charge in [-0.1, -0.05) is 28.1 Å². The van der Waals surface area contributed by atoms with Gasteiger partial charge in [0.2, 0.25) is 0 Å². The van der Waals surface area contributed by atoms with E-state index in [-0.39, 0.29) is 12.3 Å². The topological polar surface area (TPSA) is 70.5 Å². The first-order valence-electron chi connectivity index (χ1n) is 10.0. The highest BCUT2D eigenvalue weighted by molar-refractivity contribution is 9.10. The number of ether oxygens (including phenoxy) is 1. The molecule has 2 aromatic carbocycles. The fraction of sp³-hybridized carbons (Fsp3) is 0.409. The zero-order valence-corrected chi connectivity index (χ0v) is 17.8. The van der Waals surface area contributed by atoms with Crippen LogP contribution in [0.15, 0.2) is 57.8 Å². The van der Waals surface area contributed by atoms with Gasteiger partial charge < -0.3 is 19.7 Å². The summed E-state index contributed by atoms with van der Waals surface area (Å²) < 4.78 is 8.54. The molecule has 2 heterocycles. The van der Waals surface area contributed by atoms with Crippen molar-refractivity contribution < 1.29 is 9.84 Å². The first kappa shape index (κ1) is 20.2. The number of β-amino-alcohol motifs (C(OH)–C–C–N with tert-alkyl or cyclic N) is 1. The summed E-state index contributed by atoms with van der Waals surface area (Å²) in [6.07, 6.45) is 1.61. The lowest BCUT2D eigenvalue weighted by atomic mass is 9.97. The van der Waals surface area contributed by atoms with Crippen LogP contribution in [0.1, 0.15) is 12.8 Å². The van der Waals surface area contributed by atoms with Crippen molar-refractivity contribution in [3.63, 3.8) is 0 Å². The Morgan fingerprint density at radius 2 is 2.00 bits per heavy atom. The fourth-order valence-corrected chi connectivity index (χ4v) is 4.35. The number of benzene rings is 2. The van der Waals surface area contributed by atoms with Gasteiger partial charge in [-0.05, 0) is 61.7 Å². The van der Waals surface area contributed by atoms with Gasteiger partial charge in [-0.25, -0.2) is 4.79 Å². The second kappa shape index (κ2) is 9.15. The van der Waals surface area contributed by atoms with E-state index in [1.807, 2.05) is 53.1 Å². The van der Waals surface area contributed by atoms with Gasteiger partial charge in [0.1, 0.15) is 18.5 Å². The van der Waals surface area contributed by atoms with Crippen molar-refractivity contribution in [1.82, 2.24) is 14.5 Å². The number of H-pyrrole nitrogens is 1. The Labute approximate surface area is 178 Å². The van der Waals surface area contributed by atoms with Crippen LogP contribution in [0, 0.1) is 5.92 Å². The summed E-state index contributed by atoms with van der Waals surface area (Å²) in [4.78, 5) is 17.6. The molecule has 1 aliphatic heterocycles. The van der Waals surface area contributed by atoms with Gasteiger partial charge in [-0.2, -0.15) is 0 Å². The number of piperidine rings is 1. The first-order chi connectivity index (χ1) is 14.1. The maximum Gasteiger partial charge on any atom is 0.326 e. The Hall–Kier alpha value is -2.09. The predicted octanol–water partition coefficient (Wildman–Crippen LogP) is 3.24. The molecular weight excluding hydrogens is 434 g/mol. The minimum Gasteiger partial charge on any atom is -0.491 e. The summed E-state index contributed by atoms with van der Waals surface area (Å²) >= 11 is 3.40.